The molecule has 0 aliphatic carbocycles. The largest absolute Gasteiger partial charge is 0.454 e. The Bertz CT molecular complexity index is 1160. The second-order valence-corrected chi connectivity index (χ2v) is 5.93. The zero-order chi connectivity index (χ0) is 16.3. The number of nitrogens with zero attached hydrogens (tertiary/aromatic N) is 2. The Labute approximate surface area is 140 Å². The first kappa shape index (κ1) is 13.4. The zero-order valence-electron chi connectivity index (χ0n) is 12.2. The minimum atomic E-state index is -0.167. The Hall–Kier alpha value is -2.99. The predicted molar refractivity (Wildman–Crippen MR) is 90.3 cm³/mol. The van der Waals surface area contributed by atoms with Crippen LogP contribution >= 0.6 is 11.6 Å². The average molecular weight is 340 g/mol. The number of aromatic amines is 1. The first-order valence-corrected chi connectivity index (χ1v) is 7.67. The highest BCUT2D eigenvalue weighted by molar-refractivity contribution is 6.30. The maximum absolute atomic E-state index is 12.7. The number of benzene rings is 2. The van der Waals surface area contributed by atoms with Crippen molar-refractivity contribution in [2.45, 2.75) is 0 Å². The molecule has 3 heterocycles. The third-order valence-corrected chi connectivity index (χ3v) is 4.36. The Morgan fingerprint density at radius 3 is 2.62 bits per heavy atom. The topological polar surface area (TPSA) is 69.1 Å². The van der Waals surface area contributed by atoms with Gasteiger partial charge >= 0.3 is 0 Å². The lowest BCUT2D eigenvalue weighted by Crippen LogP contribution is -2.13. The Kier molecular flexibility index (Phi) is 2.66. The smallest absolute Gasteiger partial charge is 0.280 e. The molecule has 6 nitrogen and oxygen atoms in total. The van der Waals surface area contributed by atoms with Gasteiger partial charge in [0.25, 0.3) is 5.56 Å². The van der Waals surface area contributed by atoms with E-state index >= 15 is 0 Å². The van der Waals surface area contributed by atoms with Crippen LogP contribution in [0.3, 0.4) is 0 Å². The molecular formula is C17H10ClN3O3. The van der Waals surface area contributed by atoms with Crippen LogP contribution < -0.4 is 15.0 Å². The molecule has 2 aromatic carbocycles. The SMILES string of the molecule is O=c1c2cnc3cc4c(cc3c2[nH]n1-c1ccc(Cl)cc1)OCO4. The fraction of sp³-hybridized carbons (Fsp3) is 0.0588. The third-order valence-electron chi connectivity index (χ3n) is 4.10. The zero-order valence-corrected chi connectivity index (χ0v) is 13.0. The average Bonchev–Trinajstić information content (AvgIpc) is 3.18. The molecule has 0 saturated heterocycles. The van der Waals surface area contributed by atoms with E-state index in [1.165, 1.54) is 4.68 Å². The molecule has 24 heavy (non-hydrogen) atoms. The summed E-state index contributed by atoms with van der Waals surface area (Å²) in [7, 11) is 0. The van der Waals surface area contributed by atoms with Gasteiger partial charge in [0.05, 0.1) is 22.1 Å². The van der Waals surface area contributed by atoms with Gasteiger partial charge in [0.1, 0.15) is 0 Å². The number of aromatic nitrogens is 3. The fourth-order valence-corrected chi connectivity index (χ4v) is 3.05. The summed E-state index contributed by atoms with van der Waals surface area (Å²) in [5.41, 5.74) is 1.98. The van der Waals surface area contributed by atoms with Crippen LogP contribution in [0.4, 0.5) is 0 Å². The monoisotopic (exact) mass is 339 g/mol. The molecule has 0 atom stereocenters. The van der Waals surface area contributed by atoms with Crippen molar-refractivity contribution in [3.05, 3.63) is 58.0 Å². The van der Waals surface area contributed by atoms with Gasteiger partial charge in [-0.15, -0.1) is 0 Å². The Morgan fingerprint density at radius 2 is 1.83 bits per heavy atom. The van der Waals surface area contributed by atoms with Crippen LogP contribution in [0.1, 0.15) is 0 Å². The maximum Gasteiger partial charge on any atom is 0.280 e. The van der Waals surface area contributed by atoms with Crippen LogP contribution in [-0.4, -0.2) is 21.6 Å². The normalized spacial score (nSPS) is 13.0. The van der Waals surface area contributed by atoms with E-state index in [9.17, 15) is 4.79 Å². The first-order chi connectivity index (χ1) is 11.7. The molecule has 1 N–H and O–H groups in total. The lowest BCUT2D eigenvalue weighted by Gasteiger charge is -2.02. The summed E-state index contributed by atoms with van der Waals surface area (Å²) < 4.78 is 12.3. The number of fused-ring (bicyclic) bond motifs is 4. The molecule has 0 unspecified atom stereocenters. The van der Waals surface area contributed by atoms with Crippen LogP contribution in [0, 0.1) is 0 Å². The minimum absolute atomic E-state index is 0.167. The summed E-state index contributed by atoms with van der Waals surface area (Å²) in [6, 6.07) is 10.7. The van der Waals surface area contributed by atoms with Gasteiger partial charge in [0.15, 0.2) is 11.5 Å². The lowest BCUT2D eigenvalue weighted by atomic mass is 10.1. The number of rotatable bonds is 1. The molecule has 0 fully saturated rings. The van der Waals surface area contributed by atoms with Crippen molar-refractivity contribution in [1.29, 1.82) is 0 Å². The van der Waals surface area contributed by atoms with Crippen molar-refractivity contribution in [2.24, 2.45) is 0 Å². The minimum Gasteiger partial charge on any atom is -0.454 e. The van der Waals surface area contributed by atoms with E-state index in [1.54, 1.807) is 30.5 Å². The molecule has 4 aromatic rings. The van der Waals surface area contributed by atoms with Crippen LogP contribution in [0.15, 0.2) is 47.4 Å². The van der Waals surface area contributed by atoms with Gasteiger partial charge in [-0.25, -0.2) is 4.68 Å². The van der Waals surface area contributed by atoms with Gasteiger partial charge in [-0.1, -0.05) is 11.6 Å². The number of ether oxygens (including phenoxy) is 2. The van der Waals surface area contributed by atoms with E-state index in [-0.39, 0.29) is 12.4 Å². The summed E-state index contributed by atoms with van der Waals surface area (Å²) in [5, 5.41) is 5.09. The van der Waals surface area contributed by atoms with Crippen molar-refractivity contribution >= 4 is 33.4 Å². The molecule has 0 radical (unpaired) electrons. The van der Waals surface area contributed by atoms with Gasteiger partial charge in [-0.05, 0) is 30.3 Å². The Balaban J connectivity index is 1.82. The van der Waals surface area contributed by atoms with E-state index in [1.807, 2.05) is 12.1 Å². The number of nitrogens with one attached hydrogen (secondary N) is 1. The molecule has 2 aromatic heterocycles. The number of H-pyrrole nitrogens is 1. The predicted octanol–water partition coefficient (Wildman–Crippen LogP) is 3.25. The standard InChI is InChI=1S/C17H10ClN3O3/c18-9-1-3-10(4-2-9)21-17(22)12-7-19-13-6-15-14(23-8-24-15)5-11(13)16(12)20-21/h1-7,20H,8H2. The van der Waals surface area contributed by atoms with Crippen LogP contribution in [0.2, 0.25) is 5.02 Å². The number of hydrogen-bond acceptors (Lipinski definition) is 4. The van der Waals surface area contributed by atoms with E-state index in [0.29, 0.717) is 33.1 Å². The fourth-order valence-electron chi connectivity index (χ4n) is 2.92. The van der Waals surface area contributed by atoms with Crippen molar-refractivity contribution in [3.8, 4) is 17.2 Å². The maximum atomic E-state index is 12.7. The molecule has 5 rings (SSSR count). The summed E-state index contributed by atoms with van der Waals surface area (Å²) in [6.45, 7) is 0.192. The molecule has 1 aliphatic rings. The summed E-state index contributed by atoms with van der Waals surface area (Å²) in [5.74, 6) is 1.31. The van der Waals surface area contributed by atoms with Crippen molar-refractivity contribution in [1.82, 2.24) is 14.8 Å². The second-order valence-electron chi connectivity index (χ2n) is 5.50. The first-order valence-electron chi connectivity index (χ1n) is 7.30. The van der Waals surface area contributed by atoms with Gasteiger partial charge in [0, 0.05) is 22.7 Å². The summed E-state index contributed by atoms with van der Waals surface area (Å²) in [4.78, 5) is 17.1. The molecular weight excluding hydrogens is 330 g/mol. The van der Waals surface area contributed by atoms with E-state index in [0.717, 1.165) is 10.9 Å². The second kappa shape index (κ2) is 4.75. The van der Waals surface area contributed by atoms with Crippen molar-refractivity contribution in [3.63, 3.8) is 0 Å². The molecule has 0 spiro atoms. The summed E-state index contributed by atoms with van der Waals surface area (Å²) >= 11 is 5.92. The van der Waals surface area contributed by atoms with Crippen molar-refractivity contribution < 1.29 is 9.47 Å². The van der Waals surface area contributed by atoms with Crippen molar-refractivity contribution in [2.75, 3.05) is 6.79 Å². The lowest BCUT2D eigenvalue weighted by molar-refractivity contribution is 0.174. The van der Waals surface area contributed by atoms with E-state index in [2.05, 4.69) is 10.1 Å². The third kappa shape index (κ3) is 1.83. The van der Waals surface area contributed by atoms with Gasteiger partial charge < -0.3 is 9.47 Å². The van der Waals surface area contributed by atoms with Gasteiger partial charge in [-0.3, -0.25) is 14.9 Å². The number of pyridine rings is 1. The highest BCUT2D eigenvalue weighted by Crippen LogP contribution is 2.37. The Morgan fingerprint density at radius 1 is 1.08 bits per heavy atom. The van der Waals surface area contributed by atoms with Crippen LogP contribution in [-0.2, 0) is 0 Å². The van der Waals surface area contributed by atoms with Gasteiger partial charge in [-0.2, -0.15) is 0 Å². The van der Waals surface area contributed by atoms with E-state index in [4.69, 9.17) is 21.1 Å². The molecule has 0 bridgehead atoms. The van der Waals surface area contributed by atoms with Gasteiger partial charge in [0.2, 0.25) is 6.79 Å². The highest BCUT2D eigenvalue weighted by Gasteiger charge is 2.18. The molecule has 1 aliphatic heterocycles. The molecule has 118 valence electrons. The summed E-state index contributed by atoms with van der Waals surface area (Å²) in [6.07, 6.45) is 1.57. The quantitative estimate of drug-likeness (QED) is 0.578. The molecule has 7 heteroatoms. The molecule has 0 saturated carbocycles. The van der Waals surface area contributed by atoms with Crippen LogP contribution in [0.25, 0.3) is 27.5 Å². The number of hydrogen-bond donors (Lipinski definition) is 1. The van der Waals surface area contributed by atoms with Crippen LogP contribution in [0.5, 0.6) is 11.5 Å². The number of halogens is 1. The van der Waals surface area contributed by atoms with E-state index < -0.39 is 0 Å². The highest BCUT2D eigenvalue weighted by atomic mass is 35.5. The molecule has 0 amide bonds.